The van der Waals surface area contributed by atoms with Crippen molar-refractivity contribution in [2.24, 2.45) is 0 Å². The molecule has 0 amide bonds. The topological polar surface area (TPSA) is 64.6 Å². The van der Waals surface area contributed by atoms with Crippen molar-refractivity contribution in [1.82, 2.24) is 4.89 Å². The van der Waals surface area contributed by atoms with Crippen LogP contribution >= 0.6 is 0 Å². The first-order valence-corrected chi connectivity index (χ1v) is 4.88. The third-order valence-electron chi connectivity index (χ3n) is 0.911. The maximum absolute atomic E-state index is 10.8. The van der Waals surface area contributed by atoms with Crippen LogP contribution in [0.4, 0.5) is 0 Å². The molecule has 68 valence electrons. The van der Waals surface area contributed by atoms with Crippen molar-refractivity contribution in [3.8, 4) is 0 Å². The van der Waals surface area contributed by atoms with Crippen molar-refractivity contribution in [3.63, 3.8) is 0 Å². The second-order valence-corrected chi connectivity index (χ2v) is 3.61. The summed E-state index contributed by atoms with van der Waals surface area (Å²) in [5.74, 6) is -0.0747. The van der Waals surface area contributed by atoms with E-state index in [1.807, 2.05) is 4.89 Å². The molecule has 0 aromatic heterocycles. The first-order chi connectivity index (χ1) is 5.12. The van der Waals surface area contributed by atoms with Crippen molar-refractivity contribution in [2.75, 3.05) is 26.1 Å². The van der Waals surface area contributed by atoms with Crippen molar-refractivity contribution < 1.29 is 18.0 Å². The minimum Gasteiger partial charge on any atom is -0.381 e. The summed E-state index contributed by atoms with van der Waals surface area (Å²) in [5.41, 5.74) is 0. The van der Waals surface area contributed by atoms with Gasteiger partial charge in [0.2, 0.25) is 10.0 Å². The number of sulfonamides is 1. The van der Waals surface area contributed by atoms with Crippen LogP contribution in [0.1, 0.15) is 6.92 Å². The molecule has 0 bridgehead atoms. The number of rotatable bonds is 6. The van der Waals surface area contributed by atoms with Gasteiger partial charge in [0.15, 0.2) is 0 Å². The van der Waals surface area contributed by atoms with Crippen LogP contribution in [0, 0.1) is 0 Å². The smallest absolute Gasteiger partial charge is 0.235 e. The van der Waals surface area contributed by atoms with Gasteiger partial charge in [0.1, 0.15) is 0 Å². The lowest BCUT2D eigenvalue weighted by molar-refractivity contribution is 0.145. The predicted molar refractivity (Wildman–Crippen MR) is 40.4 cm³/mol. The van der Waals surface area contributed by atoms with E-state index in [0.29, 0.717) is 6.61 Å². The average Bonchev–Trinajstić information content (AvgIpc) is 1.87. The van der Waals surface area contributed by atoms with Crippen molar-refractivity contribution >= 4 is 10.0 Å². The molecule has 1 N–H and O–H groups in total. The lowest BCUT2D eigenvalue weighted by Crippen LogP contribution is -2.27. The Hall–Kier alpha value is -0.170. The van der Waals surface area contributed by atoms with E-state index in [1.165, 1.54) is 7.11 Å². The van der Waals surface area contributed by atoms with Crippen molar-refractivity contribution in [1.29, 1.82) is 0 Å². The summed E-state index contributed by atoms with van der Waals surface area (Å²) in [6.07, 6.45) is 0. The van der Waals surface area contributed by atoms with E-state index in [-0.39, 0.29) is 12.4 Å². The van der Waals surface area contributed by atoms with Gasteiger partial charge in [0, 0.05) is 6.61 Å². The monoisotopic (exact) mass is 183 g/mol. The van der Waals surface area contributed by atoms with Gasteiger partial charge in [-0.3, -0.25) is 4.84 Å². The van der Waals surface area contributed by atoms with Gasteiger partial charge in [0.25, 0.3) is 0 Å². The molecule has 0 saturated heterocycles. The molecule has 11 heavy (non-hydrogen) atoms. The summed E-state index contributed by atoms with van der Waals surface area (Å²) < 4.78 is 26.4. The molecule has 0 atom stereocenters. The van der Waals surface area contributed by atoms with Crippen LogP contribution in [-0.2, 0) is 19.6 Å². The normalized spacial score (nSPS) is 11.8. The molecule has 0 aliphatic rings. The first kappa shape index (κ1) is 10.8. The van der Waals surface area contributed by atoms with E-state index in [9.17, 15) is 8.42 Å². The Balaban J connectivity index is 3.56. The molecule has 0 heterocycles. The SMILES string of the molecule is CCOCCS(=O)(=O)NOC. The quantitative estimate of drug-likeness (QED) is 0.445. The summed E-state index contributed by atoms with van der Waals surface area (Å²) >= 11 is 0. The largest absolute Gasteiger partial charge is 0.381 e. The molecule has 5 nitrogen and oxygen atoms in total. The predicted octanol–water partition coefficient (Wildman–Crippen LogP) is -0.496. The number of ether oxygens (including phenoxy) is 1. The van der Waals surface area contributed by atoms with E-state index in [2.05, 4.69) is 4.84 Å². The maximum Gasteiger partial charge on any atom is 0.235 e. The molecule has 0 saturated carbocycles. The van der Waals surface area contributed by atoms with Crippen molar-refractivity contribution in [2.45, 2.75) is 6.92 Å². The highest BCUT2D eigenvalue weighted by Crippen LogP contribution is 1.84. The molecule has 0 aromatic carbocycles. The third kappa shape index (κ3) is 6.24. The Bertz CT molecular complexity index is 177. The summed E-state index contributed by atoms with van der Waals surface area (Å²) in [6.45, 7) is 2.51. The number of hydrogen-bond acceptors (Lipinski definition) is 4. The summed E-state index contributed by atoms with van der Waals surface area (Å²) in [7, 11) is -2.05. The lowest BCUT2D eigenvalue weighted by Gasteiger charge is -2.03. The molecule has 0 fully saturated rings. The van der Waals surface area contributed by atoms with Crippen LogP contribution in [0.3, 0.4) is 0 Å². The van der Waals surface area contributed by atoms with Crippen LogP contribution in [0.15, 0.2) is 0 Å². The van der Waals surface area contributed by atoms with Crippen LogP contribution in [0.25, 0.3) is 0 Å². The van der Waals surface area contributed by atoms with E-state index < -0.39 is 10.0 Å². The van der Waals surface area contributed by atoms with Gasteiger partial charge in [-0.15, -0.1) is 0 Å². The minimum atomic E-state index is -3.30. The van der Waals surface area contributed by atoms with Crippen LogP contribution in [0.5, 0.6) is 0 Å². The molecule has 0 spiro atoms. The Labute approximate surface area is 66.7 Å². The standard InChI is InChI=1S/C5H13NO4S/c1-3-10-4-5-11(7,8)6-9-2/h6H,3-5H2,1-2H3. The van der Waals surface area contributed by atoms with Gasteiger partial charge >= 0.3 is 0 Å². The molecule has 0 unspecified atom stereocenters. The fraction of sp³-hybridized carbons (Fsp3) is 1.00. The summed E-state index contributed by atoms with van der Waals surface area (Å²) in [5, 5.41) is 0. The molecule has 0 aliphatic carbocycles. The van der Waals surface area contributed by atoms with Gasteiger partial charge < -0.3 is 4.74 Å². The van der Waals surface area contributed by atoms with E-state index in [1.54, 1.807) is 6.92 Å². The zero-order valence-electron chi connectivity index (χ0n) is 6.66. The van der Waals surface area contributed by atoms with Crippen LogP contribution < -0.4 is 4.89 Å². The second-order valence-electron chi connectivity index (χ2n) is 1.80. The van der Waals surface area contributed by atoms with E-state index in [0.717, 1.165) is 0 Å². The molecule has 0 radical (unpaired) electrons. The van der Waals surface area contributed by atoms with Crippen LogP contribution in [-0.4, -0.2) is 34.5 Å². The fourth-order valence-electron chi connectivity index (χ4n) is 0.482. The highest BCUT2D eigenvalue weighted by Gasteiger charge is 2.07. The zero-order valence-corrected chi connectivity index (χ0v) is 7.48. The highest BCUT2D eigenvalue weighted by atomic mass is 32.2. The van der Waals surface area contributed by atoms with Gasteiger partial charge in [-0.05, 0) is 6.92 Å². The van der Waals surface area contributed by atoms with Crippen LogP contribution in [0.2, 0.25) is 0 Å². The molecule has 0 aromatic rings. The van der Waals surface area contributed by atoms with Gasteiger partial charge in [-0.25, -0.2) is 8.42 Å². The molecule has 0 rings (SSSR count). The number of hydrogen-bond donors (Lipinski definition) is 1. The molecular weight excluding hydrogens is 170 g/mol. The number of nitrogens with one attached hydrogen (secondary N) is 1. The van der Waals surface area contributed by atoms with Gasteiger partial charge in [0.05, 0.1) is 19.5 Å². The molecule has 0 aliphatic heterocycles. The minimum absolute atomic E-state index is 0.0747. The van der Waals surface area contributed by atoms with E-state index >= 15 is 0 Å². The Morgan fingerprint density at radius 3 is 2.55 bits per heavy atom. The third-order valence-corrected chi connectivity index (χ3v) is 2.04. The lowest BCUT2D eigenvalue weighted by atomic mass is 10.8. The Morgan fingerprint density at radius 1 is 1.45 bits per heavy atom. The summed E-state index contributed by atoms with van der Waals surface area (Å²) in [6, 6.07) is 0. The van der Waals surface area contributed by atoms with Gasteiger partial charge in [-0.2, -0.15) is 0 Å². The fourth-order valence-corrected chi connectivity index (χ4v) is 1.16. The van der Waals surface area contributed by atoms with E-state index in [4.69, 9.17) is 4.74 Å². The second kappa shape index (κ2) is 5.48. The molecular formula is C5H13NO4S. The maximum atomic E-state index is 10.8. The highest BCUT2D eigenvalue weighted by molar-refractivity contribution is 7.89. The summed E-state index contributed by atoms with van der Waals surface area (Å²) in [4.78, 5) is 6.12. The van der Waals surface area contributed by atoms with Crippen molar-refractivity contribution in [3.05, 3.63) is 0 Å². The Kier molecular flexibility index (Phi) is 5.39. The zero-order chi connectivity index (χ0) is 8.74. The first-order valence-electron chi connectivity index (χ1n) is 3.22. The average molecular weight is 183 g/mol. The van der Waals surface area contributed by atoms with Gasteiger partial charge in [-0.1, -0.05) is 4.89 Å². The molecule has 6 heteroatoms. The Morgan fingerprint density at radius 2 is 2.09 bits per heavy atom.